The zero-order valence-electron chi connectivity index (χ0n) is 18.3. The molecule has 9 nitrogen and oxygen atoms in total. The van der Waals surface area contributed by atoms with Gasteiger partial charge in [-0.3, -0.25) is 0 Å². The quantitative estimate of drug-likeness (QED) is 0.237. The van der Waals surface area contributed by atoms with E-state index in [1.54, 1.807) is 0 Å². The van der Waals surface area contributed by atoms with Crippen molar-refractivity contribution in [2.24, 2.45) is 0 Å². The lowest BCUT2D eigenvalue weighted by atomic mass is 10.1. The molecule has 0 saturated heterocycles. The Labute approximate surface area is 185 Å². The summed E-state index contributed by atoms with van der Waals surface area (Å²) in [5, 5.41) is 18.5. The molecule has 0 aromatic heterocycles. The third kappa shape index (κ3) is 18.2. The minimum atomic E-state index is -0.619. The molecule has 0 saturated carbocycles. The summed E-state index contributed by atoms with van der Waals surface area (Å²) in [5.74, 6) is 0. The van der Waals surface area contributed by atoms with Gasteiger partial charge in [0.05, 0.1) is 99.1 Å². The molecule has 31 heavy (non-hydrogen) atoms. The number of rotatable bonds is 23. The minimum absolute atomic E-state index is 0.0275. The molecule has 180 valence electrons. The Hall–Kier alpha value is -1.14. The minimum Gasteiger partial charge on any atom is -0.394 e. The van der Waals surface area contributed by atoms with Gasteiger partial charge >= 0.3 is 0 Å². The summed E-state index contributed by atoms with van der Waals surface area (Å²) < 4.78 is 37.4. The molecule has 0 bridgehead atoms. The van der Waals surface area contributed by atoms with Crippen LogP contribution in [0.1, 0.15) is 11.7 Å². The highest BCUT2D eigenvalue weighted by Crippen LogP contribution is 2.11. The first-order chi connectivity index (χ1) is 15.3. The van der Waals surface area contributed by atoms with Gasteiger partial charge in [0.2, 0.25) is 0 Å². The lowest BCUT2D eigenvalue weighted by Gasteiger charge is -2.11. The van der Waals surface area contributed by atoms with Crippen molar-refractivity contribution < 1.29 is 43.4 Å². The highest BCUT2D eigenvalue weighted by atomic mass is 16.6. The van der Waals surface area contributed by atoms with Gasteiger partial charge in [-0.1, -0.05) is 30.3 Å². The average molecular weight is 447 g/mol. The highest BCUT2D eigenvalue weighted by molar-refractivity contribution is 5.17. The molecule has 0 fully saturated rings. The number of ether oxygens (including phenoxy) is 7. The van der Waals surface area contributed by atoms with Crippen molar-refractivity contribution in [2.75, 3.05) is 99.1 Å². The number of hydrogen-bond acceptors (Lipinski definition) is 9. The first-order valence-electron chi connectivity index (χ1n) is 10.7. The van der Waals surface area contributed by atoms with E-state index < -0.39 is 6.10 Å². The van der Waals surface area contributed by atoms with Gasteiger partial charge in [0, 0.05) is 0 Å². The maximum absolute atomic E-state index is 9.96. The maximum atomic E-state index is 9.96. The maximum Gasteiger partial charge on any atom is 0.102 e. The first-order valence-corrected chi connectivity index (χ1v) is 10.7. The van der Waals surface area contributed by atoms with Crippen LogP contribution in [0.4, 0.5) is 0 Å². The van der Waals surface area contributed by atoms with Crippen LogP contribution in [-0.2, 0) is 33.2 Å². The fourth-order valence-corrected chi connectivity index (χ4v) is 2.35. The third-order valence-corrected chi connectivity index (χ3v) is 3.93. The van der Waals surface area contributed by atoms with Crippen LogP contribution in [-0.4, -0.2) is 109 Å². The van der Waals surface area contributed by atoms with E-state index in [4.69, 9.17) is 38.3 Å². The topological polar surface area (TPSA) is 105 Å². The fraction of sp³-hybridized carbons (Fsp3) is 0.727. The summed E-state index contributed by atoms with van der Waals surface area (Å²) in [6.07, 6.45) is -0.619. The Kier molecular flexibility index (Phi) is 19.9. The summed E-state index contributed by atoms with van der Waals surface area (Å²) >= 11 is 0. The zero-order chi connectivity index (χ0) is 22.2. The third-order valence-electron chi connectivity index (χ3n) is 3.93. The number of hydrogen-bond donors (Lipinski definition) is 2. The van der Waals surface area contributed by atoms with E-state index in [9.17, 15) is 5.11 Å². The van der Waals surface area contributed by atoms with Crippen LogP contribution in [0.2, 0.25) is 0 Å². The standard InChI is InChI=1S/C22H38O9/c23-6-7-25-8-9-26-10-11-27-12-13-28-14-15-29-16-17-30-18-19-31-20-22(24)21-4-2-1-3-5-21/h1-5,22-24H,6-20H2. The van der Waals surface area contributed by atoms with Gasteiger partial charge in [-0.05, 0) is 5.56 Å². The molecule has 2 N–H and O–H groups in total. The Bertz CT molecular complexity index is 475. The lowest BCUT2D eigenvalue weighted by molar-refractivity contribution is -0.0262. The van der Waals surface area contributed by atoms with Crippen LogP contribution in [0.25, 0.3) is 0 Å². The van der Waals surface area contributed by atoms with Crippen LogP contribution in [0.3, 0.4) is 0 Å². The fourth-order valence-electron chi connectivity index (χ4n) is 2.35. The molecule has 0 aliphatic rings. The molecule has 1 rings (SSSR count). The number of benzene rings is 1. The van der Waals surface area contributed by atoms with Crippen LogP contribution in [0.5, 0.6) is 0 Å². The molecule has 0 aliphatic heterocycles. The molecular weight excluding hydrogens is 408 g/mol. The van der Waals surface area contributed by atoms with E-state index in [0.29, 0.717) is 85.9 Å². The predicted octanol–water partition coefficient (Wildman–Crippen LogP) is 0.829. The summed E-state index contributed by atoms with van der Waals surface area (Å²) in [7, 11) is 0. The Morgan fingerprint density at radius 3 is 1.26 bits per heavy atom. The van der Waals surface area contributed by atoms with Gasteiger partial charge in [0.15, 0.2) is 0 Å². The summed E-state index contributed by atoms with van der Waals surface area (Å²) in [6.45, 7) is 6.46. The van der Waals surface area contributed by atoms with Crippen molar-refractivity contribution in [3.63, 3.8) is 0 Å². The van der Waals surface area contributed by atoms with Crippen molar-refractivity contribution >= 4 is 0 Å². The number of aliphatic hydroxyl groups excluding tert-OH is 2. The molecule has 1 atom stereocenters. The lowest BCUT2D eigenvalue weighted by Crippen LogP contribution is -2.15. The van der Waals surface area contributed by atoms with Crippen LogP contribution in [0.15, 0.2) is 30.3 Å². The number of aliphatic hydroxyl groups is 2. The van der Waals surface area contributed by atoms with Gasteiger partial charge in [-0.15, -0.1) is 0 Å². The molecule has 0 heterocycles. The van der Waals surface area contributed by atoms with Crippen molar-refractivity contribution in [1.29, 1.82) is 0 Å². The first kappa shape index (κ1) is 27.9. The van der Waals surface area contributed by atoms with Crippen molar-refractivity contribution in [3.8, 4) is 0 Å². The van der Waals surface area contributed by atoms with Gasteiger partial charge in [0.1, 0.15) is 6.10 Å². The average Bonchev–Trinajstić information content (AvgIpc) is 2.80. The summed E-state index contributed by atoms with van der Waals surface area (Å²) in [5.41, 5.74) is 0.844. The zero-order valence-corrected chi connectivity index (χ0v) is 18.3. The van der Waals surface area contributed by atoms with E-state index >= 15 is 0 Å². The molecule has 1 unspecified atom stereocenters. The Morgan fingerprint density at radius 2 is 0.871 bits per heavy atom. The van der Waals surface area contributed by atoms with Crippen LogP contribution < -0.4 is 0 Å². The monoisotopic (exact) mass is 446 g/mol. The van der Waals surface area contributed by atoms with Crippen LogP contribution in [0, 0.1) is 0 Å². The van der Waals surface area contributed by atoms with Crippen molar-refractivity contribution in [1.82, 2.24) is 0 Å². The smallest absolute Gasteiger partial charge is 0.102 e. The second-order valence-electron chi connectivity index (χ2n) is 6.40. The van der Waals surface area contributed by atoms with Gasteiger partial charge in [-0.25, -0.2) is 0 Å². The van der Waals surface area contributed by atoms with E-state index in [-0.39, 0.29) is 13.2 Å². The molecule has 0 amide bonds. The molecule has 9 heteroatoms. The largest absolute Gasteiger partial charge is 0.394 e. The van der Waals surface area contributed by atoms with E-state index in [1.165, 1.54) is 0 Å². The molecule has 1 aromatic rings. The molecular formula is C22H38O9. The highest BCUT2D eigenvalue weighted by Gasteiger charge is 2.06. The molecule has 0 spiro atoms. The normalized spacial score (nSPS) is 12.3. The SMILES string of the molecule is OCCOCCOCCOCCOCCOCCOCCOCC(O)c1ccccc1. The Morgan fingerprint density at radius 1 is 0.516 bits per heavy atom. The second kappa shape index (κ2) is 22.1. The van der Waals surface area contributed by atoms with Crippen LogP contribution >= 0.6 is 0 Å². The van der Waals surface area contributed by atoms with Crippen molar-refractivity contribution in [3.05, 3.63) is 35.9 Å². The molecule has 0 aliphatic carbocycles. The second-order valence-corrected chi connectivity index (χ2v) is 6.40. The molecule has 0 radical (unpaired) electrons. The summed E-state index contributed by atoms with van der Waals surface area (Å²) in [4.78, 5) is 0. The molecule has 1 aromatic carbocycles. The Balaban J connectivity index is 1.70. The van der Waals surface area contributed by atoms with E-state index in [1.807, 2.05) is 30.3 Å². The van der Waals surface area contributed by atoms with Gasteiger partial charge < -0.3 is 43.4 Å². The van der Waals surface area contributed by atoms with Gasteiger partial charge in [-0.2, -0.15) is 0 Å². The van der Waals surface area contributed by atoms with E-state index in [0.717, 1.165) is 5.56 Å². The predicted molar refractivity (Wildman–Crippen MR) is 114 cm³/mol. The van der Waals surface area contributed by atoms with Gasteiger partial charge in [0.25, 0.3) is 0 Å². The van der Waals surface area contributed by atoms with Crippen molar-refractivity contribution in [2.45, 2.75) is 6.10 Å². The van der Waals surface area contributed by atoms with E-state index in [2.05, 4.69) is 0 Å². The summed E-state index contributed by atoms with van der Waals surface area (Å²) in [6, 6.07) is 9.43.